The number of nitrogens with one attached hydrogen (secondary N) is 2. The molecule has 3 aromatic rings. The number of rotatable bonds is 4. The average molecular weight is 400 g/mol. The van der Waals surface area contributed by atoms with Crippen LogP contribution in [0.3, 0.4) is 0 Å². The Morgan fingerprint density at radius 1 is 1.30 bits per heavy atom. The summed E-state index contributed by atoms with van der Waals surface area (Å²) < 4.78 is 5.34. The summed E-state index contributed by atoms with van der Waals surface area (Å²) in [5, 5.41) is 6.69. The number of hydrogen-bond donors (Lipinski definition) is 2. The van der Waals surface area contributed by atoms with Gasteiger partial charge in [-0.05, 0) is 35.9 Å². The molecule has 0 aliphatic carbocycles. The molecule has 2 heterocycles. The molecule has 136 valence electrons. The van der Waals surface area contributed by atoms with E-state index in [1.54, 1.807) is 24.4 Å². The second-order valence-electron chi connectivity index (χ2n) is 5.94. The Labute approximate surface area is 164 Å². The maximum atomic E-state index is 12.5. The van der Waals surface area contributed by atoms with E-state index in [4.69, 9.17) is 16.3 Å². The zero-order valence-electron chi connectivity index (χ0n) is 14.0. The molecule has 0 fully saturated rings. The van der Waals surface area contributed by atoms with Gasteiger partial charge in [0.05, 0.1) is 5.69 Å². The Bertz CT molecular complexity index is 1030. The predicted octanol–water partition coefficient (Wildman–Crippen LogP) is 3.97. The summed E-state index contributed by atoms with van der Waals surface area (Å²) in [6.07, 6.45) is 2.44. The minimum atomic E-state index is -0.290. The molecular formula is C19H14ClN3O3S. The highest BCUT2D eigenvalue weighted by atomic mass is 35.5. The zero-order valence-corrected chi connectivity index (χ0v) is 15.6. The largest absolute Gasteiger partial charge is 0.482 e. The molecule has 0 atom stereocenters. The van der Waals surface area contributed by atoms with Gasteiger partial charge in [0, 0.05) is 28.1 Å². The van der Waals surface area contributed by atoms with Crippen LogP contribution in [0.5, 0.6) is 5.75 Å². The molecule has 1 aliphatic heterocycles. The quantitative estimate of drug-likeness (QED) is 0.695. The highest BCUT2D eigenvalue weighted by Crippen LogP contribution is 2.29. The monoisotopic (exact) mass is 399 g/mol. The van der Waals surface area contributed by atoms with Crippen molar-refractivity contribution in [3.8, 4) is 5.75 Å². The van der Waals surface area contributed by atoms with E-state index >= 15 is 0 Å². The third-order valence-electron chi connectivity index (χ3n) is 3.92. The van der Waals surface area contributed by atoms with Crippen LogP contribution in [-0.4, -0.2) is 23.4 Å². The van der Waals surface area contributed by atoms with Crippen molar-refractivity contribution in [2.24, 2.45) is 0 Å². The predicted molar refractivity (Wildman–Crippen MR) is 105 cm³/mol. The van der Waals surface area contributed by atoms with E-state index in [0.29, 0.717) is 33.6 Å². The fourth-order valence-corrected chi connectivity index (χ4v) is 3.73. The molecule has 6 nitrogen and oxygen atoms in total. The lowest BCUT2D eigenvalue weighted by Gasteiger charge is -2.18. The van der Waals surface area contributed by atoms with Crippen LogP contribution in [0.1, 0.15) is 20.8 Å². The van der Waals surface area contributed by atoms with E-state index in [9.17, 15) is 9.59 Å². The Hall–Kier alpha value is -2.90. The number of thiazole rings is 1. The van der Waals surface area contributed by atoms with Gasteiger partial charge in [0.1, 0.15) is 5.75 Å². The fraction of sp³-hybridized carbons (Fsp3) is 0.105. The van der Waals surface area contributed by atoms with Gasteiger partial charge in [-0.3, -0.25) is 14.9 Å². The second-order valence-corrected chi connectivity index (χ2v) is 7.49. The van der Waals surface area contributed by atoms with Gasteiger partial charge in [0.15, 0.2) is 11.7 Å². The minimum absolute atomic E-state index is 0.0581. The van der Waals surface area contributed by atoms with E-state index in [2.05, 4.69) is 15.6 Å². The zero-order chi connectivity index (χ0) is 18.8. The number of carbonyl (C=O) groups is 2. The van der Waals surface area contributed by atoms with Crippen LogP contribution in [0.2, 0.25) is 5.02 Å². The lowest BCUT2D eigenvalue weighted by Crippen LogP contribution is -2.25. The first kappa shape index (κ1) is 17.5. The molecule has 2 aromatic carbocycles. The second kappa shape index (κ2) is 7.38. The van der Waals surface area contributed by atoms with E-state index in [1.807, 2.05) is 24.3 Å². The van der Waals surface area contributed by atoms with Crippen LogP contribution in [0.15, 0.2) is 48.7 Å². The molecule has 27 heavy (non-hydrogen) atoms. The summed E-state index contributed by atoms with van der Waals surface area (Å²) in [4.78, 5) is 29.1. The molecule has 0 saturated carbocycles. The van der Waals surface area contributed by atoms with E-state index in [1.165, 1.54) is 11.3 Å². The number of benzene rings is 2. The minimum Gasteiger partial charge on any atom is -0.482 e. The number of fused-ring (bicyclic) bond motifs is 1. The van der Waals surface area contributed by atoms with Crippen LogP contribution in [-0.2, 0) is 11.2 Å². The van der Waals surface area contributed by atoms with Crippen molar-refractivity contribution >= 4 is 45.6 Å². The van der Waals surface area contributed by atoms with Crippen LogP contribution >= 0.6 is 22.9 Å². The number of anilines is 2. The van der Waals surface area contributed by atoms with E-state index in [-0.39, 0.29) is 18.4 Å². The maximum Gasteiger partial charge on any atom is 0.262 e. The number of nitrogens with zero attached hydrogens (tertiary/aromatic N) is 1. The van der Waals surface area contributed by atoms with Crippen molar-refractivity contribution in [1.29, 1.82) is 0 Å². The van der Waals surface area contributed by atoms with Crippen LogP contribution in [0, 0.1) is 0 Å². The highest BCUT2D eigenvalue weighted by molar-refractivity contribution is 7.15. The van der Waals surface area contributed by atoms with Crippen LogP contribution < -0.4 is 15.4 Å². The smallest absolute Gasteiger partial charge is 0.262 e. The van der Waals surface area contributed by atoms with E-state index < -0.39 is 0 Å². The normalized spacial score (nSPS) is 12.7. The van der Waals surface area contributed by atoms with Gasteiger partial charge in [0.25, 0.3) is 11.8 Å². The van der Waals surface area contributed by atoms with Crippen molar-refractivity contribution in [3.05, 3.63) is 69.7 Å². The molecule has 1 aliphatic rings. The van der Waals surface area contributed by atoms with Crippen LogP contribution in [0.4, 0.5) is 10.8 Å². The Kier molecular flexibility index (Phi) is 4.79. The Morgan fingerprint density at radius 3 is 3.04 bits per heavy atom. The standard InChI is InChI=1S/C19H14ClN3O3S/c20-13-3-1-2-11(6-13)7-14-9-21-19(27-14)23-18(25)12-4-5-15-16(8-12)26-10-17(24)22-15/h1-6,8-9H,7,10H2,(H,22,24)(H,21,23,25). The number of halogens is 1. The molecule has 2 N–H and O–H groups in total. The molecule has 0 saturated heterocycles. The maximum absolute atomic E-state index is 12.5. The first-order valence-corrected chi connectivity index (χ1v) is 9.33. The van der Waals surface area contributed by atoms with E-state index in [0.717, 1.165) is 10.4 Å². The lowest BCUT2D eigenvalue weighted by molar-refractivity contribution is -0.118. The van der Waals surface area contributed by atoms with Crippen LogP contribution in [0.25, 0.3) is 0 Å². The SMILES string of the molecule is O=C1COc2cc(C(=O)Nc3ncc(Cc4cccc(Cl)c4)s3)ccc2N1. The summed E-state index contributed by atoms with van der Waals surface area (Å²) in [5.41, 5.74) is 2.07. The van der Waals surface area contributed by atoms with Gasteiger partial charge in [-0.2, -0.15) is 0 Å². The Balaban J connectivity index is 1.44. The van der Waals surface area contributed by atoms with Crippen molar-refractivity contribution in [1.82, 2.24) is 4.98 Å². The number of hydrogen-bond acceptors (Lipinski definition) is 5. The summed E-state index contributed by atoms with van der Waals surface area (Å²) in [5.74, 6) is -0.0280. The van der Waals surface area contributed by atoms with Gasteiger partial charge >= 0.3 is 0 Å². The summed E-state index contributed by atoms with van der Waals surface area (Å²) in [7, 11) is 0. The summed E-state index contributed by atoms with van der Waals surface area (Å²) >= 11 is 7.42. The molecule has 0 unspecified atom stereocenters. The van der Waals surface area contributed by atoms with Gasteiger partial charge in [-0.25, -0.2) is 4.98 Å². The molecule has 1 aromatic heterocycles. The molecule has 0 spiro atoms. The Morgan fingerprint density at radius 2 is 2.19 bits per heavy atom. The molecular weight excluding hydrogens is 386 g/mol. The first-order chi connectivity index (χ1) is 13.1. The summed E-state index contributed by atoms with van der Waals surface area (Å²) in [6.45, 7) is -0.0581. The third kappa shape index (κ3) is 4.10. The molecule has 4 rings (SSSR count). The van der Waals surface area contributed by atoms with Crippen molar-refractivity contribution < 1.29 is 14.3 Å². The molecule has 2 amide bonds. The number of amides is 2. The number of carbonyl (C=O) groups excluding carboxylic acids is 2. The molecule has 0 radical (unpaired) electrons. The highest BCUT2D eigenvalue weighted by Gasteiger charge is 2.18. The molecule has 0 bridgehead atoms. The number of aromatic nitrogens is 1. The van der Waals surface area contributed by atoms with Gasteiger partial charge in [-0.1, -0.05) is 23.7 Å². The van der Waals surface area contributed by atoms with Crippen molar-refractivity contribution in [2.75, 3.05) is 17.2 Å². The van der Waals surface area contributed by atoms with Gasteiger partial charge in [-0.15, -0.1) is 11.3 Å². The van der Waals surface area contributed by atoms with Gasteiger partial charge < -0.3 is 10.1 Å². The topological polar surface area (TPSA) is 80.3 Å². The summed E-state index contributed by atoms with van der Waals surface area (Å²) in [6, 6.07) is 12.5. The first-order valence-electron chi connectivity index (χ1n) is 8.14. The lowest BCUT2D eigenvalue weighted by atomic mass is 10.1. The fourth-order valence-electron chi connectivity index (χ4n) is 2.68. The average Bonchev–Trinajstić information content (AvgIpc) is 3.08. The van der Waals surface area contributed by atoms with Crippen molar-refractivity contribution in [3.63, 3.8) is 0 Å². The van der Waals surface area contributed by atoms with Gasteiger partial charge in [0.2, 0.25) is 0 Å². The number of ether oxygens (including phenoxy) is 1. The van der Waals surface area contributed by atoms with Crippen molar-refractivity contribution in [2.45, 2.75) is 6.42 Å². The third-order valence-corrected chi connectivity index (χ3v) is 5.07. The molecule has 8 heteroatoms.